The Balaban J connectivity index is 2.86. The predicted octanol–water partition coefficient (Wildman–Crippen LogP) is 6.61. The SMILES string of the molecule is CN(C)CCCN(C)CCCN(CCCN(C)CCCN(C)C)c1ccc(C(CC(C)(C)C)C(C)(C)C)cc1. The average molecular weight is 546 g/mol. The van der Waals surface area contributed by atoms with E-state index in [0.29, 0.717) is 11.3 Å². The Labute approximate surface area is 244 Å². The second-order valence-electron chi connectivity index (χ2n) is 14.9. The first kappa shape index (κ1) is 35.9. The molecule has 0 bridgehead atoms. The van der Waals surface area contributed by atoms with E-state index in [-0.39, 0.29) is 5.41 Å². The Morgan fingerprint density at radius 1 is 0.538 bits per heavy atom. The van der Waals surface area contributed by atoms with Crippen molar-refractivity contribution in [1.29, 1.82) is 0 Å². The zero-order valence-corrected chi connectivity index (χ0v) is 28.3. The van der Waals surface area contributed by atoms with Gasteiger partial charge in [-0.05, 0) is 148 Å². The second kappa shape index (κ2) is 17.6. The minimum atomic E-state index is 0.253. The van der Waals surface area contributed by atoms with Crippen LogP contribution >= 0.6 is 0 Å². The molecule has 0 amide bonds. The zero-order chi connectivity index (χ0) is 29.6. The molecule has 0 aliphatic carbocycles. The lowest BCUT2D eigenvalue weighted by atomic mass is 9.69. The monoisotopic (exact) mass is 546 g/mol. The highest BCUT2D eigenvalue weighted by atomic mass is 15.2. The number of rotatable bonds is 19. The van der Waals surface area contributed by atoms with Gasteiger partial charge in [-0.15, -0.1) is 0 Å². The van der Waals surface area contributed by atoms with Crippen molar-refractivity contribution in [2.45, 2.75) is 79.6 Å². The van der Waals surface area contributed by atoms with Crippen LogP contribution in [0.4, 0.5) is 5.69 Å². The van der Waals surface area contributed by atoms with Gasteiger partial charge in [0, 0.05) is 18.8 Å². The van der Waals surface area contributed by atoms with Crippen LogP contribution in [0.25, 0.3) is 0 Å². The van der Waals surface area contributed by atoms with Crippen LogP contribution in [0.3, 0.4) is 0 Å². The van der Waals surface area contributed by atoms with Crippen molar-refractivity contribution in [3.05, 3.63) is 29.8 Å². The van der Waals surface area contributed by atoms with E-state index in [9.17, 15) is 0 Å². The average Bonchev–Trinajstić information content (AvgIpc) is 2.80. The van der Waals surface area contributed by atoms with Crippen LogP contribution in [0.5, 0.6) is 0 Å². The molecule has 0 heterocycles. The van der Waals surface area contributed by atoms with Crippen molar-refractivity contribution in [1.82, 2.24) is 19.6 Å². The molecule has 0 aliphatic rings. The van der Waals surface area contributed by atoms with Crippen LogP contribution in [0, 0.1) is 10.8 Å². The molecule has 1 atom stereocenters. The normalized spacial score (nSPS) is 13.7. The summed E-state index contributed by atoms with van der Waals surface area (Å²) in [5, 5.41) is 0. The third-order valence-corrected chi connectivity index (χ3v) is 7.75. The molecule has 1 aromatic carbocycles. The van der Waals surface area contributed by atoms with Gasteiger partial charge in [0.05, 0.1) is 0 Å². The summed E-state index contributed by atoms with van der Waals surface area (Å²) in [5.74, 6) is 0.562. The van der Waals surface area contributed by atoms with E-state index in [0.717, 1.165) is 39.3 Å². The first-order chi connectivity index (χ1) is 18.1. The van der Waals surface area contributed by atoms with Crippen molar-refractivity contribution < 1.29 is 0 Å². The summed E-state index contributed by atoms with van der Waals surface area (Å²) in [7, 11) is 13.2. The standard InChI is InChI=1S/C34H67N5/c1-33(2,3)29-32(34(4,5)6)30-17-19-31(20-18-30)39(27-15-25-37(11)23-13-21-35(7)8)28-16-26-38(12)24-14-22-36(9)10/h17-20,32H,13-16,21-29H2,1-12H3. The van der Waals surface area contributed by atoms with E-state index in [4.69, 9.17) is 0 Å². The van der Waals surface area contributed by atoms with Crippen molar-refractivity contribution in [3.8, 4) is 0 Å². The molecule has 0 spiro atoms. The van der Waals surface area contributed by atoms with Gasteiger partial charge in [0.2, 0.25) is 0 Å². The first-order valence-electron chi connectivity index (χ1n) is 15.6. The fourth-order valence-electron chi connectivity index (χ4n) is 5.42. The number of anilines is 1. The largest absolute Gasteiger partial charge is 0.371 e. The summed E-state index contributed by atoms with van der Waals surface area (Å²) in [5.41, 5.74) is 3.44. The van der Waals surface area contributed by atoms with Crippen LogP contribution in [-0.4, -0.2) is 114 Å². The minimum absolute atomic E-state index is 0.253. The van der Waals surface area contributed by atoms with E-state index < -0.39 is 0 Å². The van der Waals surface area contributed by atoms with Crippen LogP contribution < -0.4 is 4.90 Å². The highest BCUT2D eigenvalue weighted by molar-refractivity contribution is 5.48. The molecule has 0 saturated heterocycles. The van der Waals surface area contributed by atoms with Gasteiger partial charge < -0.3 is 24.5 Å². The van der Waals surface area contributed by atoms with Crippen molar-refractivity contribution in [3.63, 3.8) is 0 Å². The van der Waals surface area contributed by atoms with Gasteiger partial charge in [0.15, 0.2) is 0 Å². The van der Waals surface area contributed by atoms with E-state index in [2.05, 4.69) is 133 Å². The van der Waals surface area contributed by atoms with Gasteiger partial charge in [-0.1, -0.05) is 53.7 Å². The van der Waals surface area contributed by atoms with Crippen molar-refractivity contribution in [2.75, 3.05) is 99.5 Å². The van der Waals surface area contributed by atoms with Crippen molar-refractivity contribution in [2.24, 2.45) is 10.8 Å². The molecule has 0 aromatic heterocycles. The summed E-state index contributed by atoms with van der Waals surface area (Å²) in [6, 6.07) is 9.64. The maximum atomic E-state index is 2.64. The Morgan fingerprint density at radius 3 is 1.26 bits per heavy atom. The number of hydrogen-bond donors (Lipinski definition) is 0. The number of hydrogen-bond acceptors (Lipinski definition) is 5. The minimum Gasteiger partial charge on any atom is -0.371 e. The lowest BCUT2D eigenvalue weighted by Crippen LogP contribution is -2.32. The third-order valence-electron chi connectivity index (χ3n) is 7.75. The van der Waals surface area contributed by atoms with Gasteiger partial charge in [-0.3, -0.25) is 0 Å². The van der Waals surface area contributed by atoms with Crippen LogP contribution in [0.15, 0.2) is 24.3 Å². The maximum Gasteiger partial charge on any atom is 0.0366 e. The van der Waals surface area contributed by atoms with E-state index in [1.807, 2.05) is 0 Å². The summed E-state index contributed by atoms with van der Waals surface area (Å²) < 4.78 is 0. The Morgan fingerprint density at radius 2 is 0.923 bits per heavy atom. The Bertz CT molecular complexity index is 718. The van der Waals surface area contributed by atoms with Crippen LogP contribution in [0.1, 0.15) is 85.1 Å². The molecule has 1 rings (SSSR count). The molecule has 1 unspecified atom stereocenters. The number of benzene rings is 1. The molecule has 5 heteroatoms. The molecule has 1 aromatic rings. The fourth-order valence-corrected chi connectivity index (χ4v) is 5.42. The molecule has 0 aliphatic heterocycles. The molecular weight excluding hydrogens is 478 g/mol. The topological polar surface area (TPSA) is 16.2 Å². The summed E-state index contributed by atoms with van der Waals surface area (Å²) in [6.45, 7) is 23.5. The van der Waals surface area contributed by atoms with Gasteiger partial charge in [0.1, 0.15) is 0 Å². The summed E-state index contributed by atoms with van der Waals surface area (Å²) in [4.78, 5) is 12.2. The van der Waals surface area contributed by atoms with Crippen molar-refractivity contribution >= 4 is 5.69 Å². The van der Waals surface area contributed by atoms with Gasteiger partial charge >= 0.3 is 0 Å². The summed E-state index contributed by atoms with van der Waals surface area (Å²) >= 11 is 0. The quantitative estimate of drug-likeness (QED) is 0.194. The van der Waals surface area contributed by atoms with E-state index in [1.165, 1.54) is 56.4 Å². The summed E-state index contributed by atoms with van der Waals surface area (Å²) in [6.07, 6.45) is 6.08. The molecule has 0 fully saturated rings. The molecule has 5 nitrogen and oxygen atoms in total. The maximum absolute atomic E-state index is 2.64. The Kier molecular flexibility index (Phi) is 16.2. The molecule has 228 valence electrons. The molecule has 0 saturated carbocycles. The molecule has 0 N–H and O–H groups in total. The van der Waals surface area contributed by atoms with Gasteiger partial charge in [-0.2, -0.15) is 0 Å². The van der Waals surface area contributed by atoms with E-state index in [1.54, 1.807) is 0 Å². The smallest absolute Gasteiger partial charge is 0.0366 e. The predicted molar refractivity (Wildman–Crippen MR) is 175 cm³/mol. The first-order valence-corrected chi connectivity index (χ1v) is 15.6. The zero-order valence-electron chi connectivity index (χ0n) is 28.3. The lowest BCUT2D eigenvalue weighted by Gasteiger charge is -2.36. The van der Waals surface area contributed by atoms with E-state index >= 15 is 0 Å². The number of nitrogens with zero attached hydrogens (tertiary/aromatic N) is 5. The highest BCUT2D eigenvalue weighted by Crippen LogP contribution is 2.43. The Hall–Kier alpha value is -1.14. The molecule has 0 radical (unpaired) electrons. The molecule has 39 heavy (non-hydrogen) atoms. The molecular formula is C34H67N5. The van der Waals surface area contributed by atoms with Gasteiger partial charge in [-0.25, -0.2) is 0 Å². The highest BCUT2D eigenvalue weighted by Gasteiger charge is 2.30. The van der Waals surface area contributed by atoms with Gasteiger partial charge in [0.25, 0.3) is 0 Å². The second-order valence-corrected chi connectivity index (χ2v) is 14.9. The van der Waals surface area contributed by atoms with Crippen LogP contribution in [0.2, 0.25) is 0 Å². The third kappa shape index (κ3) is 16.7. The lowest BCUT2D eigenvalue weighted by molar-refractivity contribution is 0.229. The fraction of sp³-hybridized carbons (Fsp3) is 0.824. The van der Waals surface area contributed by atoms with Crippen LogP contribution in [-0.2, 0) is 0 Å².